The van der Waals surface area contributed by atoms with Gasteiger partial charge in [-0.25, -0.2) is 12.7 Å². The number of hydrogen-bond acceptors (Lipinski definition) is 3. The van der Waals surface area contributed by atoms with Gasteiger partial charge in [-0.1, -0.05) is 17.7 Å². The zero-order valence-corrected chi connectivity index (χ0v) is 10.3. The predicted molar refractivity (Wildman–Crippen MR) is 61.7 cm³/mol. The van der Waals surface area contributed by atoms with Crippen molar-refractivity contribution in [1.82, 2.24) is 4.31 Å². The van der Waals surface area contributed by atoms with E-state index >= 15 is 0 Å². The van der Waals surface area contributed by atoms with Crippen LogP contribution in [0, 0.1) is 18.8 Å². The summed E-state index contributed by atoms with van der Waals surface area (Å²) < 4.78 is 25.5. The zero-order valence-electron chi connectivity index (χ0n) is 9.46. The summed E-state index contributed by atoms with van der Waals surface area (Å²) in [6.07, 6.45) is 0.860. The first-order valence-corrected chi connectivity index (χ1v) is 7.07. The number of amides is 1. The summed E-state index contributed by atoms with van der Waals surface area (Å²) in [5.41, 5.74) is 1.000. The van der Waals surface area contributed by atoms with Crippen LogP contribution in [0.3, 0.4) is 0 Å². The molecule has 0 bridgehead atoms. The SMILES string of the molecule is Cc1ccc(S(=O)(=O)N2C[C@H]3C[C@@H]3C2=O)cc1. The first-order chi connectivity index (χ1) is 8.00. The van der Waals surface area contributed by atoms with Gasteiger partial charge in [0.25, 0.3) is 10.0 Å². The Morgan fingerprint density at radius 2 is 1.88 bits per heavy atom. The van der Waals surface area contributed by atoms with E-state index in [0.717, 1.165) is 16.3 Å². The molecule has 17 heavy (non-hydrogen) atoms. The maximum atomic E-state index is 12.2. The maximum Gasteiger partial charge on any atom is 0.266 e. The first kappa shape index (κ1) is 10.8. The summed E-state index contributed by atoms with van der Waals surface area (Å²) in [5.74, 6) is 0.00789. The normalized spacial score (nSPS) is 27.1. The molecule has 5 heteroatoms. The third-order valence-electron chi connectivity index (χ3n) is 3.49. The smallest absolute Gasteiger partial charge is 0.266 e. The van der Waals surface area contributed by atoms with Crippen LogP contribution in [0.15, 0.2) is 29.2 Å². The van der Waals surface area contributed by atoms with Gasteiger partial charge < -0.3 is 0 Å². The molecule has 1 aromatic rings. The molecule has 1 aliphatic heterocycles. The molecule has 0 radical (unpaired) electrons. The Morgan fingerprint density at radius 1 is 1.24 bits per heavy atom. The van der Waals surface area contributed by atoms with Crippen molar-refractivity contribution >= 4 is 15.9 Å². The number of rotatable bonds is 2. The standard InChI is InChI=1S/C12H13NO3S/c1-8-2-4-10(5-3-8)17(15,16)13-7-9-6-11(9)12(13)14/h2-5,9,11H,6-7H2,1H3/t9-,11+/m1/s1. The van der Waals surface area contributed by atoms with Gasteiger partial charge >= 0.3 is 0 Å². The molecule has 1 aromatic carbocycles. The van der Waals surface area contributed by atoms with E-state index in [9.17, 15) is 13.2 Å². The van der Waals surface area contributed by atoms with Gasteiger partial charge in [0.1, 0.15) is 0 Å². The second kappa shape index (κ2) is 3.32. The first-order valence-electron chi connectivity index (χ1n) is 5.63. The lowest BCUT2D eigenvalue weighted by molar-refractivity contribution is -0.125. The van der Waals surface area contributed by atoms with Gasteiger partial charge in [0.15, 0.2) is 0 Å². The highest BCUT2D eigenvalue weighted by Gasteiger charge is 2.55. The monoisotopic (exact) mass is 251 g/mol. The molecule has 1 heterocycles. The molecule has 0 unspecified atom stereocenters. The number of benzene rings is 1. The van der Waals surface area contributed by atoms with Crippen LogP contribution in [0.4, 0.5) is 0 Å². The minimum atomic E-state index is -3.62. The van der Waals surface area contributed by atoms with Crippen LogP contribution in [0.25, 0.3) is 0 Å². The Balaban J connectivity index is 1.96. The Morgan fingerprint density at radius 3 is 2.41 bits per heavy atom. The fraction of sp³-hybridized carbons (Fsp3) is 0.417. The topological polar surface area (TPSA) is 54.5 Å². The summed E-state index contributed by atoms with van der Waals surface area (Å²) in [7, 11) is -3.62. The summed E-state index contributed by atoms with van der Waals surface area (Å²) in [4.78, 5) is 12.0. The van der Waals surface area contributed by atoms with E-state index in [4.69, 9.17) is 0 Å². The lowest BCUT2D eigenvalue weighted by Gasteiger charge is -2.18. The third kappa shape index (κ3) is 1.57. The minimum Gasteiger partial charge on any atom is -0.273 e. The summed E-state index contributed by atoms with van der Waals surface area (Å²) in [6, 6.07) is 6.60. The molecule has 2 atom stereocenters. The van der Waals surface area contributed by atoms with Crippen LogP contribution in [0.5, 0.6) is 0 Å². The number of fused-ring (bicyclic) bond motifs is 1. The number of carbonyl (C=O) groups is 1. The number of carbonyl (C=O) groups excluding carboxylic acids is 1. The molecule has 90 valence electrons. The Kier molecular flexibility index (Phi) is 2.10. The van der Waals surface area contributed by atoms with Crippen molar-refractivity contribution in [1.29, 1.82) is 0 Å². The lowest BCUT2D eigenvalue weighted by Crippen LogP contribution is -2.34. The minimum absolute atomic E-state index is 0.0322. The van der Waals surface area contributed by atoms with Crippen LogP contribution in [0.2, 0.25) is 0 Å². The largest absolute Gasteiger partial charge is 0.273 e. The molecule has 4 nitrogen and oxygen atoms in total. The van der Waals surface area contributed by atoms with Crippen LogP contribution < -0.4 is 0 Å². The van der Waals surface area contributed by atoms with E-state index < -0.39 is 10.0 Å². The van der Waals surface area contributed by atoms with Gasteiger partial charge in [0, 0.05) is 12.5 Å². The fourth-order valence-corrected chi connectivity index (χ4v) is 3.79. The molecule has 1 amide bonds. The van der Waals surface area contributed by atoms with E-state index in [1.165, 1.54) is 0 Å². The van der Waals surface area contributed by atoms with E-state index in [0.29, 0.717) is 6.54 Å². The van der Waals surface area contributed by atoms with Gasteiger partial charge in [-0.3, -0.25) is 4.79 Å². The number of nitrogens with zero attached hydrogens (tertiary/aromatic N) is 1. The third-order valence-corrected chi connectivity index (χ3v) is 5.27. The molecule has 3 rings (SSSR count). The highest BCUT2D eigenvalue weighted by molar-refractivity contribution is 7.89. The van der Waals surface area contributed by atoms with Gasteiger partial charge in [-0.05, 0) is 31.4 Å². The van der Waals surface area contributed by atoms with Crippen LogP contribution in [-0.2, 0) is 14.8 Å². The van der Waals surface area contributed by atoms with Crippen molar-refractivity contribution in [3.8, 4) is 0 Å². The number of hydrogen-bond donors (Lipinski definition) is 0. The van der Waals surface area contributed by atoms with Gasteiger partial charge in [-0.2, -0.15) is 0 Å². The van der Waals surface area contributed by atoms with Crippen molar-refractivity contribution < 1.29 is 13.2 Å². The van der Waals surface area contributed by atoms with Crippen molar-refractivity contribution in [2.24, 2.45) is 11.8 Å². The van der Waals surface area contributed by atoms with Crippen molar-refractivity contribution in [2.45, 2.75) is 18.2 Å². The molecule has 2 fully saturated rings. The second-order valence-electron chi connectivity index (χ2n) is 4.79. The van der Waals surface area contributed by atoms with E-state index in [1.807, 2.05) is 6.92 Å². The highest BCUT2D eigenvalue weighted by Crippen LogP contribution is 2.47. The van der Waals surface area contributed by atoms with Crippen molar-refractivity contribution in [3.05, 3.63) is 29.8 Å². The Labute approximate surface area is 100 Å². The lowest BCUT2D eigenvalue weighted by atomic mass is 10.2. The quantitative estimate of drug-likeness (QED) is 0.792. The number of aryl methyl sites for hydroxylation is 1. The van der Waals surface area contributed by atoms with Crippen LogP contribution in [-0.4, -0.2) is 25.2 Å². The number of piperidine rings is 1. The maximum absolute atomic E-state index is 12.2. The molecule has 0 N–H and O–H groups in total. The molecule has 0 spiro atoms. The average molecular weight is 251 g/mol. The van der Waals surface area contributed by atoms with Crippen LogP contribution in [0.1, 0.15) is 12.0 Å². The summed E-state index contributed by atoms with van der Waals surface area (Å²) >= 11 is 0. The molecular formula is C12H13NO3S. The predicted octanol–water partition coefficient (Wildman–Crippen LogP) is 1.16. The summed E-state index contributed by atoms with van der Waals surface area (Å²) in [5, 5.41) is 0. The van der Waals surface area contributed by atoms with Crippen LogP contribution >= 0.6 is 0 Å². The molecule has 1 saturated carbocycles. The number of sulfonamides is 1. The van der Waals surface area contributed by atoms with Gasteiger partial charge in [0.05, 0.1) is 4.90 Å². The average Bonchev–Trinajstić information content (AvgIpc) is 2.98. The molecule has 0 aromatic heterocycles. The van der Waals surface area contributed by atoms with Crippen molar-refractivity contribution in [3.63, 3.8) is 0 Å². The van der Waals surface area contributed by atoms with E-state index in [2.05, 4.69) is 0 Å². The summed E-state index contributed by atoms with van der Waals surface area (Å²) in [6.45, 7) is 2.26. The molecule has 2 aliphatic rings. The van der Waals surface area contributed by atoms with Gasteiger partial charge in [0.2, 0.25) is 5.91 Å². The molecule has 1 aliphatic carbocycles. The highest BCUT2D eigenvalue weighted by atomic mass is 32.2. The Hall–Kier alpha value is -1.36. The molecular weight excluding hydrogens is 238 g/mol. The van der Waals surface area contributed by atoms with Crippen molar-refractivity contribution in [2.75, 3.05) is 6.54 Å². The molecule has 1 saturated heterocycles. The fourth-order valence-electron chi connectivity index (χ4n) is 2.29. The Bertz CT molecular complexity index is 576. The zero-order chi connectivity index (χ0) is 12.2. The van der Waals surface area contributed by atoms with E-state index in [1.54, 1.807) is 24.3 Å². The van der Waals surface area contributed by atoms with E-state index in [-0.39, 0.29) is 22.6 Å². The second-order valence-corrected chi connectivity index (χ2v) is 6.65. The van der Waals surface area contributed by atoms with Gasteiger partial charge in [-0.15, -0.1) is 0 Å².